The summed E-state index contributed by atoms with van der Waals surface area (Å²) in [5, 5.41) is 0. The smallest absolute Gasteiger partial charge is 0.297 e. The first kappa shape index (κ1) is 10.8. The van der Waals surface area contributed by atoms with Crippen LogP contribution in [-0.2, 0) is 0 Å². The lowest BCUT2D eigenvalue weighted by atomic mass is 10.1. The molecule has 4 nitrogen and oxygen atoms in total. The summed E-state index contributed by atoms with van der Waals surface area (Å²) < 4.78 is 5.28. The van der Waals surface area contributed by atoms with Gasteiger partial charge in [0.2, 0.25) is 4.77 Å². The number of benzene rings is 1. The quantitative estimate of drug-likeness (QED) is 0.810. The van der Waals surface area contributed by atoms with Crippen LogP contribution in [0.3, 0.4) is 0 Å². The van der Waals surface area contributed by atoms with E-state index >= 15 is 0 Å². The Hall–Kier alpha value is -1.75. The minimum absolute atomic E-state index is 0.270. The second-order valence-corrected chi connectivity index (χ2v) is 3.72. The summed E-state index contributed by atoms with van der Waals surface area (Å²) in [6.07, 6.45) is 0. The maximum atomic E-state index is 5.01. The number of methoxy groups -OCH3 is 1. The molecule has 82 valence electrons. The Morgan fingerprint density at radius 3 is 2.50 bits per heavy atom. The highest BCUT2D eigenvalue weighted by Crippen LogP contribution is 2.16. The number of hydrogen-bond donors (Lipinski definition) is 1. The average molecular weight is 233 g/mol. The first-order chi connectivity index (χ1) is 7.69. The molecule has 0 aliphatic heterocycles. The summed E-state index contributed by atoms with van der Waals surface area (Å²) >= 11 is 4.96. The SMILES string of the molecule is COc1nc(=S)nc(-c2ccc(C)cc2)[nH]1. The molecule has 2 aromatic rings. The molecule has 0 saturated heterocycles. The fraction of sp³-hybridized carbons (Fsp3) is 0.182. The monoisotopic (exact) mass is 233 g/mol. The fourth-order valence-corrected chi connectivity index (χ4v) is 1.48. The number of aryl methyl sites for hydroxylation is 1. The Balaban J connectivity index is 2.51. The van der Waals surface area contributed by atoms with Crippen molar-refractivity contribution in [1.82, 2.24) is 15.0 Å². The zero-order valence-corrected chi connectivity index (χ0v) is 9.84. The summed E-state index contributed by atoms with van der Waals surface area (Å²) in [6.45, 7) is 2.03. The van der Waals surface area contributed by atoms with E-state index in [2.05, 4.69) is 15.0 Å². The molecule has 2 rings (SSSR count). The number of rotatable bonds is 2. The van der Waals surface area contributed by atoms with E-state index in [9.17, 15) is 0 Å². The van der Waals surface area contributed by atoms with Gasteiger partial charge in [0.1, 0.15) is 5.82 Å². The van der Waals surface area contributed by atoms with Crippen molar-refractivity contribution in [2.45, 2.75) is 6.92 Å². The predicted molar refractivity (Wildman–Crippen MR) is 63.9 cm³/mol. The third-order valence-electron chi connectivity index (χ3n) is 2.15. The molecule has 1 aromatic heterocycles. The number of aromatic amines is 1. The number of ether oxygens (including phenoxy) is 1. The van der Waals surface area contributed by atoms with E-state index in [4.69, 9.17) is 17.0 Å². The molecule has 0 bridgehead atoms. The first-order valence-corrected chi connectivity index (χ1v) is 5.19. The largest absolute Gasteiger partial charge is 0.468 e. The van der Waals surface area contributed by atoms with Crippen LogP contribution in [0, 0.1) is 11.7 Å². The van der Waals surface area contributed by atoms with Crippen molar-refractivity contribution >= 4 is 12.2 Å². The van der Waals surface area contributed by atoms with Crippen LogP contribution in [-0.4, -0.2) is 22.1 Å². The molecule has 0 spiro atoms. The Morgan fingerprint density at radius 1 is 1.19 bits per heavy atom. The summed E-state index contributed by atoms with van der Waals surface area (Å²) in [5.41, 5.74) is 2.15. The van der Waals surface area contributed by atoms with Crippen LogP contribution in [0.15, 0.2) is 24.3 Å². The lowest BCUT2D eigenvalue weighted by Gasteiger charge is -2.03. The Morgan fingerprint density at radius 2 is 1.88 bits per heavy atom. The molecule has 1 heterocycles. The molecule has 0 aliphatic rings. The van der Waals surface area contributed by atoms with Crippen molar-refractivity contribution in [3.8, 4) is 17.4 Å². The molecule has 0 aliphatic carbocycles. The van der Waals surface area contributed by atoms with Gasteiger partial charge in [0.15, 0.2) is 0 Å². The zero-order valence-electron chi connectivity index (χ0n) is 9.02. The summed E-state index contributed by atoms with van der Waals surface area (Å²) in [4.78, 5) is 11.0. The highest BCUT2D eigenvalue weighted by Gasteiger charge is 2.02. The third-order valence-corrected chi connectivity index (χ3v) is 2.33. The second kappa shape index (κ2) is 4.40. The second-order valence-electron chi connectivity index (χ2n) is 3.36. The Bertz CT molecular complexity index is 548. The third kappa shape index (κ3) is 2.25. The standard InChI is InChI=1S/C11H11N3OS/c1-7-3-5-8(6-4-7)9-12-10(15-2)14-11(16)13-9/h3-6H,1-2H3,(H,12,13,14,16). The van der Waals surface area contributed by atoms with Gasteiger partial charge in [-0.15, -0.1) is 0 Å². The molecule has 5 heteroatoms. The van der Waals surface area contributed by atoms with E-state index in [0.717, 1.165) is 5.56 Å². The van der Waals surface area contributed by atoms with Gasteiger partial charge in [-0.2, -0.15) is 4.98 Å². The molecule has 0 saturated carbocycles. The van der Waals surface area contributed by atoms with Crippen molar-refractivity contribution < 1.29 is 4.74 Å². The van der Waals surface area contributed by atoms with Gasteiger partial charge < -0.3 is 4.74 Å². The van der Waals surface area contributed by atoms with Crippen LogP contribution in [0.1, 0.15) is 5.56 Å². The molecule has 0 fully saturated rings. The lowest BCUT2D eigenvalue weighted by Crippen LogP contribution is -1.97. The molecule has 0 amide bonds. The van der Waals surface area contributed by atoms with Gasteiger partial charge in [0.05, 0.1) is 7.11 Å². The Labute approximate surface area is 98.3 Å². The normalized spacial score (nSPS) is 10.1. The first-order valence-electron chi connectivity index (χ1n) is 4.78. The topological polar surface area (TPSA) is 50.8 Å². The molecular formula is C11H11N3OS. The summed E-state index contributed by atoms with van der Waals surface area (Å²) in [7, 11) is 1.53. The van der Waals surface area contributed by atoms with Crippen LogP contribution in [0.25, 0.3) is 11.4 Å². The van der Waals surface area contributed by atoms with Crippen LogP contribution >= 0.6 is 12.2 Å². The van der Waals surface area contributed by atoms with Gasteiger partial charge >= 0.3 is 0 Å². The number of hydrogen-bond acceptors (Lipinski definition) is 4. The molecule has 0 atom stereocenters. The Kier molecular flexibility index (Phi) is 2.96. The number of nitrogens with zero attached hydrogens (tertiary/aromatic N) is 2. The van der Waals surface area contributed by atoms with Gasteiger partial charge in [-0.3, -0.25) is 4.98 Å². The lowest BCUT2D eigenvalue weighted by molar-refractivity contribution is 0.378. The maximum absolute atomic E-state index is 5.01. The minimum Gasteiger partial charge on any atom is -0.468 e. The van der Waals surface area contributed by atoms with E-state index in [1.54, 1.807) is 0 Å². The molecule has 16 heavy (non-hydrogen) atoms. The zero-order chi connectivity index (χ0) is 11.5. The van der Waals surface area contributed by atoms with Gasteiger partial charge in [0.25, 0.3) is 6.01 Å². The highest BCUT2D eigenvalue weighted by molar-refractivity contribution is 7.71. The fourth-order valence-electron chi connectivity index (χ4n) is 1.31. The number of aromatic nitrogens is 3. The summed E-state index contributed by atoms with van der Waals surface area (Å²) in [5.74, 6) is 0.664. The number of nitrogens with one attached hydrogen (secondary N) is 1. The van der Waals surface area contributed by atoms with Crippen molar-refractivity contribution in [3.05, 3.63) is 34.6 Å². The summed E-state index contributed by atoms with van der Waals surface area (Å²) in [6, 6.07) is 8.35. The average Bonchev–Trinajstić information content (AvgIpc) is 2.29. The maximum Gasteiger partial charge on any atom is 0.297 e. The molecule has 1 aromatic carbocycles. The van der Waals surface area contributed by atoms with Gasteiger partial charge in [-0.05, 0) is 19.1 Å². The van der Waals surface area contributed by atoms with E-state index < -0.39 is 0 Å². The van der Waals surface area contributed by atoms with Crippen LogP contribution in [0.4, 0.5) is 0 Å². The van der Waals surface area contributed by atoms with Crippen molar-refractivity contribution in [2.24, 2.45) is 0 Å². The van der Waals surface area contributed by atoms with Crippen LogP contribution in [0.5, 0.6) is 6.01 Å². The minimum atomic E-state index is 0.270. The van der Waals surface area contributed by atoms with Crippen LogP contribution in [0.2, 0.25) is 0 Å². The van der Waals surface area contributed by atoms with Crippen molar-refractivity contribution in [1.29, 1.82) is 0 Å². The van der Waals surface area contributed by atoms with E-state index in [-0.39, 0.29) is 4.77 Å². The van der Waals surface area contributed by atoms with Gasteiger partial charge in [-0.1, -0.05) is 29.8 Å². The van der Waals surface area contributed by atoms with E-state index in [1.807, 2.05) is 31.2 Å². The van der Waals surface area contributed by atoms with Crippen molar-refractivity contribution in [3.63, 3.8) is 0 Å². The predicted octanol–water partition coefficient (Wildman–Crippen LogP) is 2.52. The molecule has 0 radical (unpaired) electrons. The number of H-pyrrole nitrogens is 1. The van der Waals surface area contributed by atoms with E-state index in [0.29, 0.717) is 11.8 Å². The van der Waals surface area contributed by atoms with Crippen molar-refractivity contribution in [2.75, 3.05) is 7.11 Å². The van der Waals surface area contributed by atoms with Gasteiger partial charge in [-0.25, -0.2) is 4.98 Å². The molecule has 1 N–H and O–H groups in total. The molecular weight excluding hydrogens is 222 g/mol. The van der Waals surface area contributed by atoms with E-state index in [1.165, 1.54) is 12.7 Å². The van der Waals surface area contributed by atoms with Crippen LogP contribution < -0.4 is 4.74 Å². The van der Waals surface area contributed by atoms with Gasteiger partial charge in [0, 0.05) is 5.56 Å². The highest BCUT2D eigenvalue weighted by atomic mass is 32.1. The molecule has 0 unspecified atom stereocenters.